The quantitative estimate of drug-likeness (QED) is 0.736. The first kappa shape index (κ1) is 13.8. The highest BCUT2D eigenvalue weighted by Gasteiger charge is 2.31. The van der Waals surface area contributed by atoms with Crippen molar-refractivity contribution in [2.24, 2.45) is 7.05 Å². The Kier molecular flexibility index (Phi) is 3.75. The minimum atomic E-state index is -2.97. The van der Waals surface area contributed by atoms with E-state index in [1.54, 1.807) is 37.2 Å². The monoisotopic (exact) mass is 283 g/mol. The van der Waals surface area contributed by atoms with Crippen molar-refractivity contribution in [1.82, 2.24) is 14.7 Å². The Morgan fingerprint density at radius 3 is 2.84 bits per heavy atom. The molecule has 0 bridgehead atoms. The van der Waals surface area contributed by atoms with Gasteiger partial charge in [-0.15, -0.1) is 0 Å². The molecular weight excluding hydrogens is 266 g/mol. The SMILES string of the molecule is CN(C(=O)/C=C/c1cnn(C)c1)[C@@H]1CCS(=O)(=O)C1. The second kappa shape index (κ2) is 5.16. The molecule has 104 valence electrons. The maximum Gasteiger partial charge on any atom is 0.246 e. The van der Waals surface area contributed by atoms with Gasteiger partial charge in [-0.1, -0.05) is 0 Å². The smallest absolute Gasteiger partial charge is 0.246 e. The number of nitrogens with zero attached hydrogens (tertiary/aromatic N) is 3. The molecule has 1 atom stereocenters. The van der Waals surface area contributed by atoms with E-state index in [-0.39, 0.29) is 23.5 Å². The fraction of sp³-hybridized carbons (Fsp3) is 0.500. The maximum atomic E-state index is 11.9. The Labute approximate surface area is 112 Å². The minimum absolute atomic E-state index is 0.0654. The molecule has 1 amide bonds. The van der Waals surface area contributed by atoms with Gasteiger partial charge in [0.15, 0.2) is 9.84 Å². The van der Waals surface area contributed by atoms with Crippen LogP contribution in [0.15, 0.2) is 18.5 Å². The number of sulfone groups is 1. The molecule has 1 saturated heterocycles. The van der Waals surface area contributed by atoms with E-state index < -0.39 is 9.84 Å². The van der Waals surface area contributed by atoms with Gasteiger partial charge in [-0.3, -0.25) is 9.48 Å². The average molecular weight is 283 g/mol. The lowest BCUT2D eigenvalue weighted by atomic mass is 10.2. The third-order valence-corrected chi connectivity index (χ3v) is 5.00. The van der Waals surface area contributed by atoms with Gasteiger partial charge in [-0.25, -0.2) is 8.42 Å². The van der Waals surface area contributed by atoms with Crippen LogP contribution in [-0.2, 0) is 21.7 Å². The van der Waals surface area contributed by atoms with Crippen LogP contribution in [0.25, 0.3) is 6.08 Å². The topological polar surface area (TPSA) is 72.3 Å². The van der Waals surface area contributed by atoms with Gasteiger partial charge in [0, 0.05) is 38.0 Å². The first-order valence-electron chi connectivity index (χ1n) is 6.01. The molecule has 1 aliphatic rings. The summed E-state index contributed by atoms with van der Waals surface area (Å²) in [5.74, 6) is 0.0448. The van der Waals surface area contributed by atoms with E-state index in [0.717, 1.165) is 5.56 Å². The molecule has 2 rings (SSSR count). The molecule has 0 saturated carbocycles. The van der Waals surface area contributed by atoms with Crippen LogP contribution in [0, 0.1) is 0 Å². The highest BCUT2D eigenvalue weighted by molar-refractivity contribution is 7.91. The molecule has 0 N–H and O–H groups in total. The number of carbonyl (C=O) groups excluding carboxylic acids is 1. The predicted molar refractivity (Wildman–Crippen MR) is 72.1 cm³/mol. The van der Waals surface area contributed by atoms with Gasteiger partial charge in [0.05, 0.1) is 17.7 Å². The van der Waals surface area contributed by atoms with Crippen LogP contribution in [0.1, 0.15) is 12.0 Å². The van der Waals surface area contributed by atoms with Crippen LogP contribution in [0.5, 0.6) is 0 Å². The standard InChI is InChI=1S/C12H17N3O3S/c1-14-8-10(7-13-14)3-4-12(16)15(2)11-5-6-19(17,18)9-11/h3-4,7-8,11H,5-6,9H2,1-2H3/b4-3+/t11-/m1/s1. The zero-order chi connectivity index (χ0) is 14.0. The average Bonchev–Trinajstić information content (AvgIpc) is 2.91. The Morgan fingerprint density at radius 1 is 1.58 bits per heavy atom. The van der Waals surface area contributed by atoms with Crippen molar-refractivity contribution in [2.45, 2.75) is 12.5 Å². The van der Waals surface area contributed by atoms with E-state index in [2.05, 4.69) is 5.10 Å². The molecule has 19 heavy (non-hydrogen) atoms. The van der Waals surface area contributed by atoms with Crippen molar-refractivity contribution in [2.75, 3.05) is 18.6 Å². The molecular formula is C12H17N3O3S. The fourth-order valence-electron chi connectivity index (χ4n) is 2.07. The maximum absolute atomic E-state index is 11.9. The molecule has 1 fully saturated rings. The third-order valence-electron chi connectivity index (χ3n) is 3.25. The van der Waals surface area contributed by atoms with E-state index in [1.807, 2.05) is 0 Å². The summed E-state index contributed by atoms with van der Waals surface area (Å²) < 4.78 is 24.4. The van der Waals surface area contributed by atoms with E-state index in [9.17, 15) is 13.2 Å². The summed E-state index contributed by atoms with van der Waals surface area (Å²) in [6.45, 7) is 0. The molecule has 0 unspecified atom stereocenters. The fourth-order valence-corrected chi connectivity index (χ4v) is 3.85. The van der Waals surface area contributed by atoms with Gasteiger partial charge < -0.3 is 4.90 Å². The number of aromatic nitrogens is 2. The van der Waals surface area contributed by atoms with Crippen LogP contribution in [0.3, 0.4) is 0 Å². The second-order valence-electron chi connectivity index (χ2n) is 4.79. The van der Waals surface area contributed by atoms with Crippen molar-refractivity contribution < 1.29 is 13.2 Å². The second-order valence-corrected chi connectivity index (χ2v) is 7.02. The van der Waals surface area contributed by atoms with Gasteiger partial charge in [0.2, 0.25) is 5.91 Å². The molecule has 1 aliphatic heterocycles. The van der Waals surface area contributed by atoms with Crippen molar-refractivity contribution in [3.8, 4) is 0 Å². The summed E-state index contributed by atoms with van der Waals surface area (Å²) in [5, 5.41) is 4.00. The van der Waals surface area contributed by atoms with E-state index in [0.29, 0.717) is 6.42 Å². The Morgan fingerprint density at radius 2 is 2.32 bits per heavy atom. The van der Waals surface area contributed by atoms with Crippen LogP contribution in [0.4, 0.5) is 0 Å². The van der Waals surface area contributed by atoms with Gasteiger partial charge in [0.1, 0.15) is 0 Å². The van der Waals surface area contributed by atoms with E-state index in [4.69, 9.17) is 0 Å². The summed E-state index contributed by atoms with van der Waals surface area (Å²) in [5.41, 5.74) is 0.836. The molecule has 6 nitrogen and oxygen atoms in total. The molecule has 2 heterocycles. The molecule has 0 spiro atoms. The summed E-state index contributed by atoms with van der Waals surface area (Å²) in [4.78, 5) is 13.4. The van der Waals surface area contributed by atoms with Crippen LogP contribution < -0.4 is 0 Å². The predicted octanol–water partition coefficient (Wildman–Crippen LogP) is 0.0788. The number of carbonyl (C=O) groups is 1. The zero-order valence-corrected chi connectivity index (χ0v) is 11.8. The third kappa shape index (κ3) is 3.44. The lowest BCUT2D eigenvalue weighted by Crippen LogP contribution is -2.36. The Hall–Kier alpha value is -1.63. The number of hydrogen-bond donors (Lipinski definition) is 0. The molecule has 1 aromatic heterocycles. The van der Waals surface area contributed by atoms with E-state index >= 15 is 0 Å². The minimum Gasteiger partial charge on any atom is -0.338 e. The lowest BCUT2D eigenvalue weighted by Gasteiger charge is -2.21. The van der Waals surface area contributed by atoms with Crippen LogP contribution >= 0.6 is 0 Å². The summed E-state index contributed by atoms with van der Waals surface area (Å²) >= 11 is 0. The number of likely N-dealkylation sites (N-methyl/N-ethyl adjacent to an activating group) is 1. The van der Waals surface area contributed by atoms with Gasteiger partial charge >= 0.3 is 0 Å². The summed E-state index contributed by atoms with van der Waals surface area (Å²) in [7, 11) is 0.471. The molecule has 0 aliphatic carbocycles. The highest BCUT2D eigenvalue weighted by atomic mass is 32.2. The highest BCUT2D eigenvalue weighted by Crippen LogP contribution is 2.16. The zero-order valence-electron chi connectivity index (χ0n) is 11.0. The van der Waals surface area contributed by atoms with Crippen LogP contribution in [0.2, 0.25) is 0 Å². The Bertz CT molecular complexity index is 603. The number of rotatable bonds is 3. The lowest BCUT2D eigenvalue weighted by molar-refractivity contribution is -0.126. The normalized spacial score (nSPS) is 21.9. The van der Waals surface area contributed by atoms with Gasteiger partial charge in [0.25, 0.3) is 0 Å². The van der Waals surface area contributed by atoms with Crippen molar-refractivity contribution in [1.29, 1.82) is 0 Å². The number of hydrogen-bond acceptors (Lipinski definition) is 4. The number of amides is 1. The van der Waals surface area contributed by atoms with Gasteiger partial charge in [-0.2, -0.15) is 5.10 Å². The number of aryl methyl sites for hydroxylation is 1. The molecule has 0 radical (unpaired) electrons. The molecule has 0 aromatic carbocycles. The van der Waals surface area contributed by atoms with Gasteiger partial charge in [-0.05, 0) is 12.5 Å². The van der Waals surface area contributed by atoms with Crippen molar-refractivity contribution >= 4 is 21.8 Å². The summed E-state index contributed by atoms with van der Waals surface area (Å²) in [6.07, 6.45) is 7.09. The molecule has 7 heteroatoms. The Balaban J connectivity index is 1.98. The van der Waals surface area contributed by atoms with Crippen molar-refractivity contribution in [3.05, 3.63) is 24.0 Å². The van der Waals surface area contributed by atoms with Crippen molar-refractivity contribution in [3.63, 3.8) is 0 Å². The van der Waals surface area contributed by atoms with E-state index in [1.165, 1.54) is 11.0 Å². The van der Waals surface area contributed by atoms with Crippen LogP contribution in [-0.4, -0.2) is 53.6 Å². The first-order valence-corrected chi connectivity index (χ1v) is 7.83. The largest absolute Gasteiger partial charge is 0.338 e. The summed E-state index contributed by atoms with van der Waals surface area (Å²) in [6, 6.07) is -0.212. The first-order chi connectivity index (χ1) is 8.87. The molecule has 1 aromatic rings.